The second-order valence-corrected chi connectivity index (χ2v) is 10.2. The van der Waals surface area contributed by atoms with Gasteiger partial charge in [0.2, 0.25) is 0 Å². The highest BCUT2D eigenvalue weighted by Gasteiger charge is 2.59. The summed E-state index contributed by atoms with van der Waals surface area (Å²) in [5.41, 5.74) is -1.61. The number of rotatable bonds is 18. The Morgan fingerprint density at radius 1 is 0.950 bits per heavy atom. The second kappa shape index (κ2) is 16.1. The first-order valence-electron chi connectivity index (χ1n) is 14.5. The second-order valence-electron chi connectivity index (χ2n) is 10.2. The van der Waals surface area contributed by atoms with Crippen LogP contribution in [0.1, 0.15) is 71.1 Å². The summed E-state index contributed by atoms with van der Waals surface area (Å²) in [4.78, 5) is 26.7. The zero-order chi connectivity index (χ0) is 29.0. The van der Waals surface area contributed by atoms with Gasteiger partial charge in [-0.1, -0.05) is 52.2 Å². The van der Waals surface area contributed by atoms with E-state index in [4.69, 9.17) is 23.7 Å². The molecule has 1 N–H and O–H groups in total. The number of aliphatic hydroxyl groups excluding tert-OH is 1. The van der Waals surface area contributed by atoms with Crippen LogP contribution in [0.25, 0.3) is 0 Å². The van der Waals surface area contributed by atoms with Crippen molar-refractivity contribution in [3.8, 4) is 5.75 Å². The Bertz CT molecular complexity index is 1130. The van der Waals surface area contributed by atoms with Gasteiger partial charge < -0.3 is 28.8 Å². The molecule has 0 bridgehead atoms. The zero-order valence-electron chi connectivity index (χ0n) is 24.4. The van der Waals surface area contributed by atoms with Crippen LogP contribution in [0.5, 0.6) is 5.75 Å². The molecule has 3 rings (SSSR count). The molecule has 0 aliphatic carbocycles. The van der Waals surface area contributed by atoms with Crippen LogP contribution in [0.3, 0.4) is 0 Å². The maximum atomic E-state index is 13.8. The molecule has 1 aromatic heterocycles. The molecule has 1 fully saturated rings. The van der Waals surface area contributed by atoms with Crippen molar-refractivity contribution in [3.63, 3.8) is 0 Å². The molecule has 4 atom stereocenters. The van der Waals surface area contributed by atoms with Crippen molar-refractivity contribution in [2.45, 2.75) is 89.9 Å². The van der Waals surface area contributed by atoms with Gasteiger partial charge in [0.25, 0.3) is 5.56 Å². The molecular weight excluding hydrogens is 516 g/mol. The third kappa shape index (κ3) is 7.61. The number of aromatic nitrogens is 2. The van der Waals surface area contributed by atoms with E-state index in [2.05, 4.69) is 20.8 Å². The van der Waals surface area contributed by atoms with Gasteiger partial charge in [0, 0.05) is 32.1 Å². The zero-order valence-corrected chi connectivity index (χ0v) is 24.4. The third-order valence-corrected chi connectivity index (χ3v) is 7.22. The van der Waals surface area contributed by atoms with Crippen LogP contribution < -0.4 is 16.0 Å². The molecule has 0 saturated carbocycles. The van der Waals surface area contributed by atoms with E-state index in [0.717, 1.165) is 48.7 Å². The smallest absolute Gasteiger partial charge is 0.333 e. The standard InChI is InChI=1S/C30H46N2O8/c1-5-8-17-37-21-25-27(38-18-9-6-2)30(22-33,39-19-10-7-3)28(40-25)31-16-15-26(34)32(29(31)35)20-23-11-13-24(36-4)14-12-23/h11-16,25,27-28,33H,5-10,17-22H2,1-4H3/t25-,27-,28-,30-/m1/s1. The van der Waals surface area contributed by atoms with Gasteiger partial charge in [0.05, 0.1) is 26.9 Å². The van der Waals surface area contributed by atoms with Crippen molar-refractivity contribution in [2.75, 3.05) is 40.1 Å². The molecule has 2 aromatic rings. The number of hydrogen-bond acceptors (Lipinski definition) is 8. The minimum atomic E-state index is -1.37. The van der Waals surface area contributed by atoms with Crippen molar-refractivity contribution in [1.29, 1.82) is 0 Å². The van der Waals surface area contributed by atoms with Crippen LogP contribution >= 0.6 is 0 Å². The van der Waals surface area contributed by atoms with Crippen molar-refractivity contribution < 1.29 is 28.8 Å². The average molecular weight is 563 g/mol. The summed E-state index contributed by atoms with van der Waals surface area (Å²) in [6.07, 6.45) is 4.45. The van der Waals surface area contributed by atoms with Crippen LogP contribution in [0, 0.1) is 0 Å². The quantitative estimate of drug-likeness (QED) is 0.275. The Labute approximate surface area is 236 Å². The van der Waals surface area contributed by atoms with E-state index < -0.39 is 41.9 Å². The lowest BCUT2D eigenvalue weighted by atomic mass is 9.93. The van der Waals surface area contributed by atoms with E-state index in [-0.39, 0.29) is 13.2 Å². The van der Waals surface area contributed by atoms with Crippen LogP contribution in [0.4, 0.5) is 0 Å². The summed E-state index contributed by atoms with van der Waals surface area (Å²) >= 11 is 0. The fourth-order valence-corrected chi connectivity index (χ4v) is 4.83. The number of benzene rings is 1. The molecule has 1 aromatic carbocycles. The monoisotopic (exact) mass is 562 g/mol. The summed E-state index contributed by atoms with van der Waals surface area (Å²) in [7, 11) is 1.58. The molecule has 0 amide bonds. The first-order chi connectivity index (χ1) is 19.4. The first kappa shape index (κ1) is 32.0. The Morgan fingerprint density at radius 2 is 1.62 bits per heavy atom. The lowest BCUT2D eigenvalue weighted by molar-refractivity contribution is -0.184. The predicted octanol–water partition coefficient (Wildman–Crippen LogP) is 3.51. The number of aliphatic hydroxyl groups is 1. The molecule has 0 radical (unpaired) electrons. The van der Waals surface area contributed by atoms with Crippen LogP contribution in [0.2, 0.25) is 0 Å². The minimum absolute atomic E-state index is 0.0675. The number of methoxy groups -OCH3 is 1. The molecule has 10 heteroatoms. The highest BCUT2D eigenvalue weighted by atomic mass is 16.6. The van der Waals surface area contributed by atoms with Crippen molar-refractivity contribution in [1.82, 2.24) is 9.13 Å². The average Bonchev–Trinajstić information content (AvgIpc) is 3.27. The molecule has 224 valence electrons. The van der Waals surface area contributed by atoms with E-state index in [1.54, 1.807) is 31.4 Å². The molecule has 40 heavy (non-hydrogen) atoms. The van der Waals surface area contributed by atoms with Crippen molar-refractivity contribution in [3.05, 3.63) is 62.9 Å². The molecular formula is C30H46N2O8. The molecule has 1 aliphatic heterocycles. The molecule has 0 unspecified atom stereocenters. The Morgan fingerprint density at radius 3 is 2.27 bits per heavy atom. The first-order valence-corrected chi connectivity index (χ1v) is 14.5. The Hall–Kier alpha value is -2.50. The van der Waals surface area contributed by atoms with E-state index >= 15 is 0 Å². The summed E-state index contributed by atoms with van der Waals surface area (Å²) in [6, 6.07) is 8.51. The van der Waals surface area contributed by atoms with Gasteiger partial charge in [0.15, 0.2) is 11.8 Å². The minimum Gasteiger partial charge on any atom is -0.497 e. The summed E-state index contributed by atoms with van der Waals surface area (Å²) < 4.78 is 32.8. The number of nitrogens with zero attached hydrogens (tertiary/aromatic N) is 2. The summed E-state index contributed by atoms with van der Waals surface area (Å²) in [5, 5.41) is 10.9. The van der Waals surface area contributed by atoms with Crippen molar-refractivity contribution >= 4 is 0 Å². The fourth-order valence-electron chi connectivity index (χ4n) is 4.83. The highest BCUT2D eigenvalue weighted by molar-refractivity contribution is 5.27. The molecule has 1 saturated heterocycles. The van der Waals surface area contributed by atoms with Crippen LogP contribution in [-0.2, 0) is 25.5 Å². The number of hydrogen-bond donors (Lipinski definition) is 1. The van der Waals surface area contributed by atoms with Gasteiger partial charge in [-0.05, 0) is 37.0 Å². The highest BCUT2D eigenvalue weighted by Crippen LogP contribution is 2.43. The van der Waals surface area contributed by atoms with Crippen molar-refractivity contribution in [2.24, 2.45) is 0 Å². The largest absolute Gasteiger partial charge is 0.497 e. The molecule has 10 nitrogen and oxygen atoms in total. The van der Waals surface area contributed by atoms with E-state index in [0.29, 0.717) is 25.6 Å². The van der Waals surface area contributed by atoms with Crippen LogP contribution in [-0.4, -0.2) is 72.2 Å². The Kier molecular flexibility index (Phi) is 12.9. The van der Waals surface area contributed by atoms with Gasteiger partial charge in [0.1, 0.15) is 18.0 Å². The third-order valence-electron chi connectivity index (χ3n) is 7.22. The normalized spacial score (nSPS) is 22.6. The molecule has 0 spiro atoms. The van der Waals surface area contributed by atoms with E-state index in [9.17, 15) is 14.7 Å². The SMILES string of the molecule is CCCCOC[C@H]1O[C@@H](n2ccc(=O)n(Cc3ccc(OC)cc3)c2=O)[C@](CO)(OCCCC)[C@@H]1OCCCC. The van der Waals surface area contributed by atoms with Gasteiger partial charge in [-0.3, -0.25) is 13.9 Å². The maximum Gasteiger partial charge on any atom is 0.333 e. The van der Waals surface area contributed by atoms with Gasteiger partial charge in [-0.15, -0.1) is 0 Å². The van der Waals surface area contributed by atoms with Gasteiger partial charge in [-0.25, -0.2) is 4.79 Å². The Balaban J connectivity index is 2.03. The molecule has 2 heterocycles. The summed E-state index contributed by atoms with van der Waals surface area (Å²) in [6.45, 7) is 7.45. The fraction of sp³-hybridized carbons (Fsp3) is 0.667. The van der Waals surface area contributed by atoms with Crippen LogP contribution in [0.15, 0.2) is 46.1 Å². The lowest BCUT2D eigenvalue weighted by Crippen LogP contribution is -2.56. The number of unbranched alkanes of at least 4 members (excludes halogenated alkanes) is 3. The van der Waals surface area contributed by atoms with Gasteiger partial charge >= 0.3 is 5.69 Å². The van der Waals surface area contributed by atoms with E-state index in [1.165, 1.54) is 16.8 Å². The number of ether oxygens (including phenoxy) is 5. The predicted molar refractivity (Wildman–Crippen MR) is 152 cm³/mol. The topological polar surface area (TPSA) is 110 Å². The lowest BCUT2D eigenvalue weighted by Gasteiger charge is -2.37. The summed E-state index contributed by atoms with van der Waals surface area (Å²) in [5.74, 6) is 0.680. The van der Waals surface area contributed by atoms with Gasteiger partial charge in [-0.2, -0.15) is 0 Å². The van der Waals surface area contributed by atoms with E-state index in [1.807, 2.05) is 0 Å². The molecule has 1 aliphatic rings. The maximum absolute atomic E-state index is 13.8.